The fourth-order valence-electron chi connectivity index (χ4n) is 3.45. The van der Waals surface area contributed by atoms with Crippen molar-refractivity contribution >= 4 is 6.08 Å². The molecule has 0 aliphatic rings. The molecule has 0 spiro atoms. The largest absolute Gasteiger partial charge is 0.0840 e. The minimum atomic E-state index is 1.12. The van der Waals surface area contributed by atoms with E-state index in [4.69, 9.17) is 0 Å². The third-order valence-corrected chi connectivity index (χ3v) is 5.29. The molecule has 0 aromatic heterocycles. The Kier molecular flexibility index (Phi) is 10.6. The first-order valence-electron chi connectivity index (χ1n) is 11.1. The number of unbranched alkanes of at least 4 members (excludes halogenated alkanes) is 6. The first-order valence-corrected chi connectivity index (χ1v) is 11.1. The van der Waals surface area contributed by atoms with E-state index in [0.29, 0.717) is 0 Å². The fraction of sp³-hybridized carbons (Fsp3) is 0.481. The summed E-state index contributed by atoms with van der Waals surface area (Å²) in [6, 6.07) is 18.4. The van der Waals surface area contributed by atoms with Gasteiger partial charge in [0.25, 0.3) is 0 Å². The van der Waals surface area contributed by atoms with Crippen molar-refractivity contribution in [3.05, 3.63) is 76.9 Å². The second-order valence-electron chi connectivity index (χ2n) is 7.77. The first kappa shape index (κ1) is 21.5. The Morgan fingerprint density at radius 2 is 1.07 bits per heavy atom. The van der Waals surface area contributed by atoms with Crippen molar-refractivity contribution in [2.24, 2.45) is 0 Å². The Balaban J connectivity index is 1.70. The Morgan fingerprint density at radius 3 is 1.67 bits per heavy atom. The zero-order valence-corrected chi connectivity index (χ0v) is 17.6. The molecule has 0 aliphatic carbocycles. The minimum absolute atomic E-state index is 1.12. The molecule has 0 saturated carbocycles. The average Bonchev–Trinajstić information content (AvgIpc) is 2.71. The van der Waals surface area contributed by atoms with Crippen LogP contribution in [0.4, 0.5) is 0 Å². The van der Waals surface area contributed by atoms with Gasteiger partial charge in [0, 0.05) is 0 Å². The number of benzene rings is 2. The lowest BCUT2D eigenvalue weighted by molar-refractivity contribution is 0.607. The fourth-order valence-corrected chi connectivity index (χ4v) is 3.45. The van der Waals surface area contributed by atoms with Crippen LogP contribution in [0.1, 0.15) is 87.5 Å². The van der Waals surface area contributed by atoms with Crippen LogP contribution in [-0.2, 0) is 19.3 Å². The van der Waals surface area contributed by atoms with Crippen molar-refractivity contribution in [3.63, 3.8) is 0 Å². The summed E-state index contributed by atoms with van der Waals surface area (Å²) < 4.78 is 0. The molecule has 2 rings (SSSR count). The number of hydrogen-bond donors (Lipinski definition) is 0. The Hall–Kier alpha value is -1.82. The molecule has 0 aliphatic heterocycles. The van der Waals surface area contributed by atoms with Crippen molar-refractivity contribution in [1.82, 2.24) is 0 Å². The Labute approximate surface area is 167 Å². The highest BCUT2D eigenvalue weighted by Crippen LogP contribution is 2.14. The summed E-state index contributed by atoms with van der Waals surface area (Å²) in [5, 5.41) is 0. The zero-order valence-electron chi connectivity index (χ0n) is 17.6. The second-order valence-corrected chi connectivity index (χ2v) is 7.77. The lowest BCUT2D eigenvalue weighted by atomic mass is 10.00. The van der Waals surface area contributed by atoms with E-state index >= 15 is 0 Å². The molecule has 0 unspecified atom stereocenters. The lowest BCUT2D eigenvalue weighted by Gasteiger charge is -2.06. The van der Waals surface area contributed by atoms with Gasteiger partial charge in [0.05, 0.1) is 0 Å². The molecule has 2 aromatic rings. The molecule has 0 heteroatoms. The van der Waals surface area contributed by atoms with Gasteiger partial charge in [0.1, 0.15) is 0 Å². The summed E-state index contributed by atoms with van der Waals surface area (Å²) in [5.41, 5.74) is 5.69. The van der Waals surface area contributed by atoms with Crippen molar-refractivity contribution in [2.75, 3.05) is 0 Å². The van der Waals surface area contributed by atoms with Gasteiger partial charge in [-0.2, -0.15) is 0 Å². The van der Waals surface area contributed by atoms with E-state index in [0.717, 1.165) is 19.3 Å². The standard InChI is InChI=1S/C27H38/c1-3-5-7-8-9-11-13-25-16-20-27(21-17-25)23-22-26-18-14-24(15-19-26)12-10-6-4-2/h10,12,14-21H,3-9,11,13,22-23H2,1-2H3. The highest BCUT2D eigenvalue weighted by Gasteiger charge is 1.99. The predicted octanol–water partition coefficient (Wildman–Crippen LogP) is 8.19. The molecular formula is C27H38. The van der Waals surface area contributed by atoms with Gasteiger partial charge in [-0.3, -0.25) is 0 Å². The number of rotatable bonds is 13. The van der Waals surface area contributed by atoms with Crippen molar-refractivity contribution in [1.29, 1.82) is 0 Å². The van der Waals surface area contributed by atoms with Gasteiger partial charge in [0.15, 0.2) is 0 Å². The van der Waals surface area contributed by atoms with Crippen LogP contribution < -0.4 is 0 Å². The van der Waals surface area contributed by atoms with Crippen LogP contribution in [0.15, 0.2) is 54.6 Å². The van der Waals surface area contributed by atoms with E-state index in [1.807, 2.05) is 0 Å². The van der Waals surface area contributed by atoms with E-state index in [-0.39, 0.29) is 0 Å². The Morgan fingerprint density at radius 1 is 0.556 bits per heavy atom. The molecule has 0 amide bonds. The van der Waals surface area contributed by atoms with Gasteiger partial charge in [-0.15, -0.1) is 0 Å². The number of allylic oxidation sites excluding steroid dienone is 1. The summed E-state index contributed by atoms with van der Waals surface area (Å²) in [5.74, 6) is 0. The van der Waals surface area contributed by atoms with E-state index in [1.165, 1.54) is 73.6 Å². The summed E-state index contributed by atoms with van der Waals surface area (Å²) in [6.07, 6.45) is 18.6. The van der Waals surface area contributed by atoms with Gasteiger partial charge >= 0.3 is 0 Å². The van der Waals surface area contributed by atoms with Crippen LogP contribution >= 0.6 is 0 Å². The number of aryl methyl sites for hydroxylation is 3. The Bertz CT molecular complexity index is 631. The van der Waals surface area contributed by atoms with Crippen LogP contribution in [0.2, 0.25) is 0 Å². The number of hydrogen-bond acceptors (Lipinski definition) is 0. The summed E-state index contributed by atoms with van der Waals surface area (Å²) in [6.45, 7) is 4.50. The molecule has 2 aromatic carbocycles. The van der Waals surface area contributed by atoms with Crippen LogP contribution in [-0.4, -0.2) is 0 Å². The lowest BCUT2D eigenvalue weighted by Crippen LogP contribution is -1.93. The summed E-state index contributed by atoms with van der Waals surface area (Å²) in [4.78, 5) is 0. The average molecular weight is 363 g/mol. The van der Waals surface area contributed by atoms with Gasteiger partial charge < -0.3 is 0 Å². The van der Waals surface area contributed by atoms with Crippen LogP contribution in [0.5, 0.6) is 0 Å². The van der Waals surface area contributed by atoms with E-state index in [1.54, 1.807) is 0 Å². The molecule has 0 fully saturated rings. The molecule has 0 nitrogen and oxygen atoms in total. The SMILES string of the molecule is CCCC=Cc1ccc(CCc2ccc(CCCCCCCC)cc2)cc1. The van der Waals surface area contributed by atoms with E-state index in [9.17, 15) is 0 Å². The maximum atomic E-state index is 2.34. The third-order valence-electron chi connectivity index (χ3n) is 5.29. The van der Waals surface area contributed by atoms with Gasteiger partial charge in [-0.25, -0.2) is 0 Å². The van der Waals surface area contributed by atoms with E-state index < -0.39 is 0 Å². The van der Waals surface area contributed by atoms with Gasteiger partial charge in [-0.1, -0.05) is 113 Å². The molecule has 27 heavy (non-hydrogen) atoms. The molecule has 0 N–H and O–H groups in total. The third kappa shape index (κ3) is 9.09. The smallest absolute Gasteiger partial charge is 0.0238 e. The topological polar surface area (TPSA) is 0 Å². The van der Waals surface area contributed by atoms with Crippen molar-refractivity contribution < 1.29 is 0 Å². The molecule has 0 saturated heterocycles. The zero-order chi connectivity index (χ0) is 19.2. The van der Waals surface area contributed by atoms with Crippen LogP contribution in [0, 0.1) is 0 Å². The maximum absolute atomic E-state index is 2.34. The van der Waals surface area contributed by atoms with E-state index in [2.05, 4.69) is 74.5 Å². The van der Waals surface area contributed by atoms with Crippen LogP contribution in [0.25, 0.3) is 6.08 Å². The van der Waals surface area contributed by atoms with Crippen molar-refractivity contribution in [2.45, 2.75) is 84.5 Å². The van der Waals surface area contributed by atoms with Crippen LogP contribution in [0.3, 0.4) is 0 Å². The quantitative estimate of drug-likeness (QED) is 0.315. The highest BCUT2D eigenvalue weighted by atomic mass is 14.0. The molecule has 0 bridgehead atoms. The molecule has 146 valence electrons. The second kappa shape index (κ2) is 13.4. The minimum Gasteiger partial charge on any atom is -0.0840 e. The van der Waals surface area contributed by atoms with Crippen molar-refractivity contribution in [3.8, 4) is 0 Å². The maximum Gasteiger partial charge on any atom is -0.0238 e. The first-order chi connectivity index (χ1) is 13.3. The molecule has 0 atom stereocenters. The molecular weight excluding hydrogens is 324 g/mol. The van der Waals surface area contributed by atoms with Gasteiger partial charge in [-0.05, 0) is 54.4 Å². The summed E-state index contributed by atoms with van der Waals surface area (Å²) >= 11 is 0. The normalized spacial score (nSPS) is 11.3. The molecule has 0 heterocycles. The predicted molar refractivity (Wildman–Crippen MR) is 121 cm³/mol. The monoisotopic (exact) mass is 362 g/mol. The molecule has 0 radical (unpaired) electrons. The van der Waals surface area contributed by atoms with Gasteiger partial charge in [0.2, 0.25) is 0 Å². The summed E-state index contributed by atoms with van der Waals surface area (Å²) in [7, 11) is 0. The highest BCUT2D eigenvalue weighted by molar-refractivity contribution is 5.49.